The maximum absolute atomic E-state index is 13.9. The lowest BCUT2D eigenvalue weighted by molar-refractivity contribution is 0.631. The molecule has 24 heavy (non-hydrogen) atoms. The van der Waals surface area contributed by atoms with E-state index in [0.717, 1.165) is 5.69 Å². The van der Waals surface area contributed by atoms with Gasteiger partial charge in [-0.3, -0.25) is 10.9 Å². The second-order valence-corrected chi connectivity index (χ2v) is 5.77. The number of halogens is 2. The fraction of sp³-hybridized carbons (Fsp3) is 0. The van der Waals surface area contributed by atoms with E-state index in [0.29, 0.717) is 16.1 Å². The van der Waals surface area contributed by atoms with E-state index < -0.39 is 5.82 Å². The highest BCUT2D eigenvalue weighted by molar-refractivity contribution is 9.10. The minimum absolute atomic E-state index is 0.267. The average molecular weight is 389 g/mol. The number of hydrogen-bond acceptors (Lipinski definition) is 6. The van der Waals surface area contributed by atoms with Gasteiger partial charge in [0, 0.05) is 4.47 Å². The van der Waals surface area contributed by atoms with Crippen LogP contribution in [0, 0.1) is 5.82 Å². The first-order valence-corrected chi connectivity index (χ1v) is 7.82. The van der Waals surface area contributed by atoms with Crippen LogP contribution < -0.4 is 21.9 Å². The summed E-state index contributed by atoms with van der Waals surface area (Å²) in [5.41, 5.74) is 13.3. The first kappa shape index (κ1) is 16.0. The largest absolute Gasteiger partial charge is 0.393 e. The Morgan fingerprint density at radius 1 is 0.958 bits per heavy atom. The predicted molar refractivity (Wildman–Crippen MR) is 97.5 cm³/mol. The Morgan fingerprint density at radius 3 is 2.46 bits per heavy atom. The van der Waals surface area contributed by atoms with Crippen LogP contribution in [-0.2, 0) is 0 Å². The van der Waals surface area contributed by atoms with Gasteiger partial charge in [0.15, 0.2) is 11.6 Å². The number of nitrogen functional groups attached to an aromatic ring is 1. The Kier molecular flexibility index (Phi) is 4.76. The van der Waals surface area contributed by atoms with E-state index in [9.17, 15) is 4.39 Å². The summed E-state index contributed by atoms with van der Waals surface area (Å²) >= 11 is 3.21. The van der Waals surface area contributed by atoms with Crippen molar-refractivity contribution in [1.82, 2.24) is 9.97 Å². The molecule has 0 aliphatic carbocycles. The molecule has 0 amide bonds. The van der Waals surface area contributed by atoms with Gasteiger partial charge < -0.3 is 11.1 Å². The molecule has 0 spiro atoms. The van der Waals surface area contributed by atoms with Crippen molar-refractivity contribution in [3.05, 3.63) is 65.1 Å². The fourth-order valence-electron chi connectivity index (χ4n) is 1.97. The first-order valence-electron chi connectivity index (χ1n) is 7.03. The third kappa shape index (κ3) is 3.72. The van der Waals surface area contributed by atoms with Gasteiger partial charge >= 0.3 is 0 Å². The monoisotopic (exact) mass is 388 g/mol. The summed E-state index contributed by atoms with van der Waals surface area (Å²) < 4.78 is 14.6. The quantitative estimate of drug-likeness (QED) is 0.491. The highest BCUT2D eigenvalue weighted by Gasteiger charge is 2.10. The highest BCUT2D eigenvalue weighted by atomic mass is 79.9. The van der Waals surface area contributed by atoms with E-state index in [2.05, 4.69) is 42.1 Å². The summed E-state index contributed by atoms with van der Waals surface area (Å²) in [5.74, 6) is 0.275. The minimum Gasteiger partial charge on any atom is -0.393 e. The van der Waals surface area contributed by atoms with E-state index in [1.54, 1.807) is 12.1 Å². The lowest BCUT2D eigenvalue weighted by Gasteiger charge is -2.14. The molecule has 0 saturated carbocycles. The lowest BCUT2D eigenvalue weighted by Crippen LogP contribution is -2.13. The molecule has 0 bridgehead atoms. The predicted octanol–water partition coefficient (Wildman–Crippen LogP) is 4.14. The molecular formula is C16H14BrFN6. The molecule has 1 aromatic heterocycles. The van der Waals surface area contributed by atoms with Crippen molar-refractivity contribution in [2.45, 2.75) is 0 Å². The number of aromatic nitrogens is 2. The molecule has 0 fully saturated rings. The summed E-state index contributed by atoms with van der Waals surface area (Å²) in [4.78, 5) is 8.14. The van der Waals surface area contributed by atoms with E-state index in [-0.39, 0.29) is 11.4 Å². The van der Waals surface area contributed by atoms with Crippen LogP contribution in [0.4, 0.5) is 33.1 Å². The molecule has 1 heterocycles. The number of rotatable bonds is 5. The third-order valence-corrected chi connectivity index (χ3v) is 3.66. The SMILES string of the molecule is Nc1c(NNc2ccccc2)ncnc1Nc1ccc(Br)cc1F. The Hall–Kier alpha value is -2.87. The number of hydrazine groups is 1. The average Bonchev–Trinajstić information content (AvgIpc) is 2.59. The molecule has 0 saturated heterocycles. The summed E-state index contributed by atoms with van der Waals surface area (Å²) in [6.07, 6.45) is 1.34. The second kappa shape index (κ2) is 7.14. The van der Waals surface area contributed by atoms with Gasteiger partial charge in [-0.15, -0.1) is 0 Å². The fourth-order valence-corrected chi connectivity index (χ4v) is 2.30. The van der Waals surface area contributed by atoms with Gasteiger partial charge in [0.05, 0.1) is 11.4 Å². The molecule has 122 valence electrons. The van der Waals surface area contributed by atoms with Crippen molar-refractivity contribution in [2.75, 3.05) is 21.9 Å². The van der Waals surface area contributed by atoms with Gasteiger partial charge in [0.1, 0.15) is 17.8 Å². The zero-order valence-electron chi connectivity index (χ0n) is 12.4. The summed E-state index contributed by atoms with van der Waals surface area (Å²) in [6.45, 7) is 0. The van der Waals surface area contributed by atoms with E-state index >= 15 is 0 Å². The topological polar surface area (TPSA) is 87.9 Å². The van der Waals surface area contributed by atoms with Crippen LogP contribution in [0.2, 0.25) is 0 Å². The number of nitrogens with one attached hydrogen (secondary N) is 3. The van der Waals surface area contributed by atoms with Gasteiger partial charge in [-0.2, -0.15) is 0 Å². The van der Waals surface area contributed by atoms with Crippen LogP contribution in [-0.4, -0.2) is 9.97 Å². The number of benzene rings is 2. The molecule has 3 aromatic rings. The summed E-state index contributed by atoms with van der Waals surface area (Å²) in [7, 11) is 0. The maximum atomic E-state index is 13.9. The molecular weight excluding hydrogens is 375 g/mol. The first-order chi connectivity index (χ1) is 11.6. The van der Waals surface area contributed by atoms with Crippen molar-refractivity contribution in [3.63, 3.8) is 0 Å². The second-order valence-electron chi connectivity index (χ2n) is 4.85. The van der Waals surface area contributed by atoms with Crippen LogP contribution in [0.1, 0.15) is 0 Å². The molecule has 6 nitrogen and oxygen atoms in total. The smallest absolute Gasteiger partial charge is 0.173 e. The summed E-state index contributed by atoms with van der Waals surface area (Å²) in [5, 5.41) is 2.87. The van der Waals surface area contributed by atoms with E-state index in [4.69, 9.17) is 5.73 Å². The van der Waals surface area contributed by atoms with Gasteiger partial charge in [-0.25, -0.2) is 14.4 Å². The summed E-state index contributed by atoms with van der Waals surface area (Å²) in [6, 6.07) is 14.2. The highest BCUT2D eigenvalue weighted by Crippen LogP contribution is 2.28. The Bertz CT molecular complexity index is 843. The maximum Gasteiger partial charge on any atom is 0.173 e. The van der Waals surface area contributed by atoms with Crippen molar-refractivity contribution in [2.24, 2.45) is 0 Å². The zero-order valence-corrected chi connectivity index (χ0v) is 14.0. The van der Waals surface area contributed by atoms with Crippen molar-refractivity contribution >= 4 is 44.6 Å². The molecule has 0 aliphatic heterocycles. The van der Waals surface area contributed by atoms with Gasteiger partial charge in [-0.05, 0) is 30.3 Å². The molecule has 5 N–H and O–H groups in total. The van der Waals surface area contributed by atoms with Crippen molar-refractivity contribution in [3.8, 4) is 0 Å². The Balaban J connectivity index is 1.78. The number of para-hydroxylation sites is 1. The molecule has 0 aliphatic rings. The van der Waals surface area contributed by atoms with Crippen LogP contribution in [0.25, 0.3) is 0 Å². The van der Waals surface area contributed by atoms with Crippen molar-refractivity contribution < 1.29 is 4.39 Å². The minimum atomic E-state index is -0.417. The zero-order chi connectivity index (χ0) is 16.9. The molecule has 2 aromatic carbocycles. The molecule has 3 rings (SSSR count). The Morgan fingerprint density at radius 2 is 1.71 bits per heavy atom. The molecule has 0 unspecified atom stereocenters. The van der Waals surface area contributed by atoms with Gasteiger partial charge in [-0.1, -0.05) is 34.1 Å². The standard InChI is InChI=1S/C16H14BrFN6/c17-10-6-7-13(12(18)8-10)22-15-14(19)16(21-9-20-15)24-23-11-4-2-1-3-5-11/h1-9,23H,19H2,(H2,20,21,22,24). The number of nitrogens with zero attached hydrogens (tertiary/aromatic N) is 2. The van der Waals surface area contributed by atoms with Gasteiger partial charge in [0.2, 0.25) is 0 Å². The van der Waals surface area contributed by atoms with Gasteiger partial charge in [0.25, 0.3) is 0 Å². The number of hydrogen-bond donors (Lipinski definition) is 4. The van der Waals surface area contributed by atoms with Crippen LogP contribution in [0.15, 0.2) is 59.3 Å². The molecule has 8 heteroatoms. The van der Waals surface area contributed by atoms with Crippen LogP contribution in [0.3, 0.4) is 0 Å². The number of anilines is 5. The van der Waals surface area contributed by atoms with E-state index in [1.165, 1.54) is 12.4 Å². The third-order valence-electron chi connectivity index (χ3n) is 3.17. The normalized spacial score (nSPS) is 10.2. The Labute approximate surface area is 146 Å². The van der Waals surface area contributed by atoms with Crippen LogP contribution in [0.5, 0.6) is 0 Å². The number of nitrogens with two attached hydrogens (primary N) is 1. The lowest BCUT2D eigenvalue weighted by atomic mass is 10.3. The van der Waals surface area contributed by atoms with E-state index in [1.807, 2.05) is 30.3 Å². The molecule has 0 atom stereocenters. The van der Waals surface area contributed by atoms with Crippen LogP contribution >= 0.6 is 15.9 Å². The van der Waals surface area contributed by atoms with Crippen molar-refractivity contribution in [1.29, 1.82) is 0 Å². The molecule has 0 radical (unpaired) electrons.